The van der Waals surface area contributed by atoms with E-state index in [0.717, 1.165) is 42.0 Å². The number of nitrogens with zero attached hydrogens (tertiary/aromatic N) is 2. The number of nitrogens with one attached hydrogen (secondary N) is 1. The minimum atomic E-state index is -0.0851. The summed E-state index contributed by atoms with van der Waals surface area (Å²) in [5.74, 6) is 0.892. The number of halogens is 1. The molecule has 0 atom stereocenters. The van der Waals surface area contributed by atoms with Crippen LogP contribution in [-0.4, -0.2) is 61.4 Å². The quantitative estimate of drug-likeness (QED) is 0.680. The minimum absolute atomic E-state index is 0.0851. The zero-order valence-electron chi connectivity index (χ0n) is 19.1. The first-order chi connectivity index (χ1) is 15.4. The normalized spacial score (nSPS) is 14.7. The van der Waals surface area contributed by atoms with Gasteiger partial charge in [-0.05, 0) is 61.6 Å². The van der Waals surface area contributed by atoms with Gasteiger partial charge in [-0.1, -0.05) is 29.8 Å². The summed E-state index contributed by atoms with van der Waals surface area (Å²) in [6.45, 7) is 7.04. The average Bonchev–Trinajstić information content (AvgIpc) is 3.00. The highest BCUT2D eigenvalue weighted by Gasteiger charge is 2.21. The van der Waals surface area contributed by atoms with Crippen molar-refractivity contribution in [3.05, 3.63) is 58.1 Å². The lowest BCUT2D eigenvalue weighted by Gasteiger charge is -2.22. The van der Waals surface area contributed by atoms with Gasteiger partial charge in [-0.15, -0.1) is 0 Å². The lowest BCUT2D eigenvalue weighted by molar-refractivity contribution is -0.131. The number of hydrogen-bond donors (Lipinski definition) is 1. The number of carbonyl (C=O) groups is 2. The van der Waals surface area contributed by atoms with Crippen LogP contribution in [0.4, 0.5) is 5.69 Å². The Morgan fingerprint density at radius 1 is 1.06 bits per heavy atom. The fourth-order valence-electron chi connectivity index (χ4n) is 4.04. The lowest BCUT2D eigenvalue weighted by Crippen LogP contribution is -2.38. The Morgan fingerprint density at radius 3 is 2.50 bits per heavy atom. The van der Waals surface area contributed by atoms with E-state index < -0.39 is 0 Å². The molecule has 1 saturated heterocycles. The van der Waals surface area contributed by atoms with Crippen LogP contribution in [0.2, 0.25) is 5.02 Å². The Labute approximate surface area is 195 Å². The van der Waals surface area contributed by atoms with Gasteiger partial charge in [0.1, 0.15) is 5.75 Å². The first-order valence-corrected chi connectivity index (χ1v) is 11.4. The molecular weight excluding hydrogens is 426 g/mol. The average molecular weight is 458 g/mol. The Balaban J connectivity index is 1.46. The van der Waals surface area contributed by atoms with Crippen LogP contribution in [0, 0.1) is 13.8 Å². The molecule has 1 heterocycles. The summed E-state index contributed by atoms with van der Waals surface area (Å²) in [7, 11) is 1.64. The third-order valence-electron chi connectivity index (χ3n) is 5.79. The third kappa shape index (κ3) is 6.71. The Bertz CT molecular complexity index is 923. The van der Waals surface area contributed by atoms with Crippen LogP contribution >= 0.6 is 11.6 Å². The van der Waals surface area contributed by atoms with Crippen molar-refractivity contribution in [2.45, 2.75) is 33.1 Å². The monoisotopic (exact) mass is 457 g/mol. The molecule has 1 aliphatic heterocycles. The molecule has 2 aromatic rings. The lowest BCUT2D eigenvalue weighted by atomic mass is 10.1. The Hall–Kier alpha value is -2.57. The molecule has 0 spiro atoms. The molecule has 6 nitrogen and oxygen atoms in total. The van der Waals surface area contributed by atoms with Crippen molar-refractivity contribution in [2.75, 3.05) is 45.2 Å². The molecule has 0 unspecified atom stereocenters. The third-order valence-corrected chi connectivity index (χ3v) is 6.09. The standard InChI is InChI=1S/C25H32ClN3O3/c1-18-15-19(2)25(22(26)16-18)27-23(30)17-28-11-4-12-29(14-13-28)24(31)10-7-20-5-8-21(32-3)9-6-20/h5-6,8-9,15-16H,4,7,10-14,17H2,1-3H3,(H,27,30). The van der Waals surface area contributed by atoms with E-state index >= 15 is 0 Å². The van der Waals surface area contributed by atoms with Crippen molar-refractivity contribution in [1.29, 1.82) is 0 Å². The van der Waals surface area contributed by atoms with Crippen LogP contribution in [-0.2, 0) is 16.0 Å². The highest BCUT2D eigenvalue weighted by molar-refractivity contribution is 6.34. The summed E-state index contributed by atoms with van der Waals surface area (Å²) in [6, 6.07) is 11.7. The zero-order valence-corrected chi connectivity index (χ0v) is 19.9. The molecule has 1 N–H and O–H groups in total. The van der Waals surface area contributed by atoms with Gasteiger partial charge >= 0.3 is 0 Å². The number of amides is 2. The van der Waals surface area contributed by atoms with Crippen LogP contribution in [0.1, 0.15) is 29.5 Å². The van der Waals surface area contributed by atoms with Crippen molar-refractivity contribution in [1.82, 2.24) is 9.80 Å². The predicted molar refractivity (Wildman–Crippen MR) is 129 cm³/mol. The van der Waals surface area contributed by atoms with Crippen LogP contribution in [0.5, 0.6) is 5.75 Å². The predicted octanol–water partition coefficient (Wildman–Crippen LogP) is 4.07. The molecule has 0 radical (unpaired) electrons. The first-order valence-electron chi connectivity index (χ1n) is 11.1. The molecule has 2 amide bonds. The van der Waals surface area contributed by atoms with E-state index in [1.807, 2.05) is 55.1 Å². The number of methoxy groups -OCH3 is 1. The van der Waals surface area contributed by atoms with Crippen molar-refractivity contribution < 1.29 is 14.3 Å². The first kappa shape index (κ1) is 24.1. The summed E-state index contributed by atoms with van der Waals surface area (Å²) in [5.41, 5.74) is 3.81. The number of benzene rings is 2. The van der Waals surface area contributed by atoms with E-state index in [4.69, 9.17) is 16.3 Å². The second-order valence-corrected chi connectivity index (χ2v) is 8.75. The van der Waals surface area contributed by atoms with Gasteiger partial charge in [0.2, 0.25) is 11.8 Å². The molecule has 7 heteroatoms. The molecule has 0 saturated carbocycles. The van der Waals surface area contributed by atoms with Gasteiger partial charge in [-0.3, -0.25) is 14.5 Å². The maximum Gasteiger partial charge on any atom is 0.238 e. The van der Waals surface area contributed by atoms with Crippen molar-refractivity contribution in [2.24, 2.45) is 0 Å². The van der Waals surface area contributed by atoms with E-state index in [9.17, 15) is 9.59 Å². The van der Waals surface area contributed by atoms with E-state index in [1.54, 1.807) is 7.11 Å². The summed E-state index contributed by atoms with van der Waals surface area (Å²) in [5, 5.41) is 3.51. The van der Waals surface area contributed by atoms with Gasteiger partial charge in [-0.2, -0.15) is 0 Å². The van der Waals surface area contributed by atoms with Gasteiger partial charge in [0, 0.05) is 32.6 Å². The van der Waals surface area contributed by atoms with Crippen LogP contribution in [0.15, 0.2) is 36.4 Å². The highest BCUT2D eigenvalue weighted by Crippen LogP contribution is 2.27. The van der Waals surface area contributed by atoms with E-state index in [0.29, 0.717) is 36.6 Å². The van der Waals surface area contributed by atoms with E-state index in [2.05, 4.69) is 10.2 Å². The second-order valence-electron chi connectivity index (χ2n) is 8.35. The molecule has 0 aliphatic carbocycles. The molecule has 3 rings (SSSR count). The number of carbonyl (C=O) groups excluding carboxylic acids is 2. The number of ether oxygens (including phenoxy) is 1. The zero-order chi connectivity index (χ0) is 23.1. The maximum absolute atomic E-state index is 12.7. The maximum atomic E-state index is 12.7. The smallest absolute Gasteiger partial charge is 0.238 e. The Kier molecular flexibility index (Phi) is 8.53. The molecular formula is C25H32ClN3O3. The molecule has 0 aromatic heterocycles. The SMILES string of the molecule is COc1ccc(CCC(=O)N2CCCN(CC(=O)Nc3c(C)cc(C)cc3Cl)CC2)cc1. The highest BCUT2D eigenvalue weighted by atomic mass is 35.5. The number of hydrogen-bond acceptors (Lipinski definition) is 4. The van der Waals surface area contributed by atoms with Gasteiger partial charge in [0.25, 0.3) is 0 Å². The van der Waals surface area contributed by atoms with Crippen molar-refractivity contribution >= 4 is 29.1 Å². The summed E-state index contributed by atoms with van der Waals surface area (Å²) < 4.78 is 5.18. The van der Waals surface area contributed by atoms with Crippen molar-refractivity contribution in [3.63, 3.8) is 0 Å². The molecule has 2 aromatic carbocycles. The van der Waals surface area contributed by atoms with Gasteiger partial charge in [0.05, 0.1) is 24.4 Å². The second kappa shape index (κ2) is 11.3. The molecule has 0 bridgehead atoms. The minimum Gasteiger partial charge on any atom is -0.497 e. The van der Waals surface area contributed by atoms with Gasteiger partial charge in [0.15, 0.2) is 0 Å². The fourth-order valence-corrected chi connectivity index (χ4v) is 4.40. The number of rotatable bonds is 7. The van der Waals surface area contributed by atoms with E-state index in [-0.39, 0.29) is 18.4 Å². The molecule has 1 fully saturated rings. The summed E-state index contributed by atoms with van der Waals surface area (Å²) in [6.07, 6.45) is 2.05. The Morgan fingerprint density at radius 2 is 1.81 bits per heavy atom. The van der Waals surface area contributed by atoms with Crippen LogP contribution < -0.4 is 10.1 Å². The fraction of sp³-hybridized carbons (Fsp3) is 0.440. The molecule has 32 heavy (non-hydrogen) atoms. The van der Waals surface area contributed by atoms with Crippen molar-refractivity contribution in [3.8, 4) is 5.75 Å². The van der Waals surface area contributed by atoms with Crippen LogP contribution in [0.25, 0.3) is 0 Å². The molecule has 172 valence electrons. The van der Waals surface area contributed by atoms with Gasteiger partial charge in [-0.25, -0.2) is 0 Å². The molecule has 1 aliphatic rings. The summed E-state index contributed by atoms with van der Waals surface area (Å²) >= 11 is 6.31. The number of anilines is 1. The topological polar surface area (TPSA) is 61.9 Å². The van der Waals surface area contributed by atoms with Crippen LogP contribution in [0.3, 0.4) is 0 Å². The van der Waals surface area contributed by atoms with Gasteiger partial charge < -0.3 is 15.0 Å². The number of aryl methyl sites for hydroxylation is 3. The largest absolute Gasteiger partial charge is 0.497 e. The summed E-state index contributed by atoms with van der Waals surface area (Å²) in [4.78, 5) is 29.3. The van der Waals surface area contributed by atoms with E-state index in [1.165, 1.54) is 0 Å².